The van der Waals surface area contributed by atoms with Crippen molar-refractivity contribution in [3.63, 3.8) is 0 Å². The highest BCUT2D eigenvalue weighted by molar-refractivity contribution is 5.79. The predicted molar refractivity (Wildman–Crippen MR) is 85.3 cm³/mol. The number of rotatable bonds is 7. The fourth-order valence-corrected chi connectivity index (χ4v) is 1.54. The summed E-state index contributed by atoms with van der Waals surface area (Å²) in [5, 5.41) is 17.0. The maximum atomic E-state index is 10.6. The van der Waals surface area contributed by atoms with Crippen LogP contribution < -0.4 is 10.6 Å². The van der Waals surface area contributed by atoms with E-state index in [1.165, 1.54) is 12.1 Å². The number of nitrogens with one attached hydrogen (secondary N) is 2. The number of nitrogens with zero attached hydrogens (tertiary/aromatic N) is 2. The molecule has 0 spiro atoms. The Morgan fingerprint density at radius 1 is 1.38 bits per heavy atom. The molecule has 6 heteroatoms. The lowest BCUT2D eigenvalue weighted by Gasteiger charge is -2.13. The maximum absolute atomic E-state index is 10.6. The van der Waals surface area contributed by atoms with Gasteiger partial charge in [0.15, 0.2) is 5.96 Å². The molecule has 114 valence electrons. The molecule has 0 aromatic heterocycles. The minimum atomic E-state index is -0.408. The Kier molecular flexibility index (Phi) is 6.94. The third-order valence-electron chi connectivity index (χ3n) is 2.66. The van der Waals surface area contributed by atoms with E-state index in [4.69, 9.17) is 0 Å². The van der Waals surface area contributed by atoms with E-state index in [0.717, 1.165) is 12.1 Å². The van der Waals surface area contributed by atoms with Crippen molar-refractivity contribution in [1.29, 1.82) is 0 Å². The van der Waals surface area contributed by atoms with Crippen LogP contribution in [0.25, 0.3) is 0 Å². The molecule has 0 saturated heterocycles. The second-order valence-electron chi connectivity index (χ2n) is 5.03. The molecule has 1 rings (SSSR count). The summed E-state index contributed by atoms with van der Waals surface area (Å²) < 4.78 is 0. The number of non-ortho nitro benzene ring substituents is 1. The number of guanidine groups is 1. The quantitative estimate of drug-likeness (QED) is 0.266. The molecule has 0 aliphatic carbocycles. The van der Waals surface area contributed by atoms with E-state index in [-0.39, 0.29) is 5.69 Å². The van der Waals surface area contributed by atoms with Crippen LogP contribution in [0.15, 0.2) is 41.9 Å². The molecular formula is C15H22N4O2. The lowest BCUT2D eigenvalue weighted by molar-refractivity contribution is -0.384. The van der Waals surface area contributed by atoms with Crippen LogP contribution in [0.1, 0.15) is 19.4 Å². The molecule has 0 saturated carbocycles. The second kappa shape index (κ2) is 8.73. The van der Waals surface area contributed by atoms with Crippen molar-refractivity contribution in [2.24, 2.45) is 10.9 Å². The van der Waals surface area contributed by atoms with Gasteiger partial charge in [-0.25, -0.2) is 4.99 Å². The van der Waals surface area contributed by atoms with E-state index in [9.17, 15) is 10.1 Å². The Morgan fingerprint density at radius 2 is 2.05 bits per heavy atom. The van der Waals surface area contributed by atoms with Crippen molar-refractivity contribution < 1.29 is 4.92 Å². The van der Waals surface area contributed by atoms with Gasteiger partial charge in [-0.15, -0.1) is 6.58 Å². The molecule has 0 amide bonds. The number of hydrogen-bond donors (Lipinski definition) is 2. The van der Waals surface area contributed by atoms with Gasteiger partial charge in [0, 0.05) is 25.2 Å². The summed E-state index contributed by atoms with van der Waals surface area (Å²) in [6.07, 6.45) is 1.76. The third kappa shape index (κ3) is 6.56. The predicted octanol–water partition coefficient (Wildman–Crippen LogP) is 2.47. The van der Waals surface area contributed by atoms with Gasteiger partial charge in [-0.2, -0.15) is 0 Å². The lowest BCUT2D eigenvalue weighted by atomic mass is 10.2. The minimum Gasteiger partial charge on any atom is -0.356 e. The van der Waals surface area contributed by atoms with E-state index < -0.39 is 4.92 Å². The molecule has 21 heavy (non-hydrogen) atoms. The normalized spacial score (nSPS) is 11.3. The Bertz CT molecular complexity index is 495. The van der Waals surface area contributed by atoms with Gasteiger partial charge in [0.2, 0.25) is 0 Å². The molecule has 0 aliphatic rings. The van der Waals surface area contributed by atoms with Gasteiger partial charge in [0.05, 0.1) is 11.5 Å². The topological polar surface area (TPSA) is 79.6 Å². The first-order valence-corrected chi connectivity index (χ1v) is 6.89. The van der Waals surface area contributed by atoms with E-state index in [0.29, 0.717) is 25.0 Å². The number of nitro groups is 1. The van der Waals surface area contributed by atoms with Gasteiger partial charge >= 0.3 is 0 Å². The molecule has 6 nitrogen and oxygen atoms in total. The summed E-state index contributed by atoms with van der Waals surface area (Å²) >= 11 is 0. The van der Waals surface area contributed by atoms with E-state index in [2.05, 4.69) is 36.1 Å². The van der Waals surface area contributed by atoms with Gasteiger partial charge in [-0.3, -0.25) is 10.1 Å². The molecule has 0 aliphatic heterocycles. The molecule has 0 atom stereocenters. The minimum absolute atomic E-state index is 0.0886. The molecule has 0 radical (unpaired) electrons. The monoisotopic (exact) mass is 290 g/mol. The molecule has 1 aromatic rings. The van der Waals surface area contributed by atoms with Crippen LogP contribution in [0.2, 0.25) is 0 Å². The van der Waals surface area contributed by atoms with Gasteiger partial charge < -0.3 is 10.6 Å². The summed E-state index contributed by atoms with van der Waals surface area (Å²) in [4.78, 5) is 14.6. The number of aliphatic imine (C=N–C) groups is 1. The van der Waals surface area contributed by atoms with E-state index in [1.54, 1.807) is 18.2 Å². The average molecular weight is 290 g/mol. The average Bonchev–Trinajstić information content (AvgIpc) is 2.46. The standard InChI is InChI=1S/C15H22N4O2/c1-4-9-16-15(17-10-12(2)3)18-11-13-5-7-14(8-6-13)19(20)21/h4-8,12H,1,9-11H2,2-3H3,(H2,16,17,18). The van der Waals surface area contributed by atoms with Crippen molar-refractivity contribution in [3.8, 4) is 0 Å². The Labute approximate surface area is 125 Å². The molecule has 0 heterocycles. The van der Waals surface area contributed by atoms with Crippen LogP contribution in [-0.4, -0.2) is 24.0 Å². The summed E-state index contributed by atoms with van der Waals surface area (Å²) in [6, 6.07) is 6.41. The second-order valence-corrected chi connectivity index (χ2v) is 5.03. The van der Waals surface area contributed by atoms with E-state index in [1.807, 2.05) is 0 Å². The Hall–Kier alpha value is -2.37. The summed E-state index contributed by atoms with van der Waals surface area (Å²) in [7, 11) is 0. The van der Waals surface area contributed by atoms with Crippen LogP contribution in [0.5, 0.6) is 0 Å². The Balaban J connectivity index is 2.66. The highest BCUT2D eigenvalue weighted by Crippen LogP contribution is 2.12. The SMILES string of the molecule is C=CCNC(=NCc1ccc([N+](=O)[O-])cc1)NCC(C)C. The molecule has 0 unspecified atom stereocenters. The van der Waals surface area contributed by atoms with E-state index >= 15 is 0 Å². The molecule has 1 aromatic carbocycles. The van der Waals surface area contributed by atoms with Crippen LogP contribution in [-0.2, 0) is 6.54 Å². The zero-order chi connectivity index (χ0) is 15.7. The Morgan fingerprint density at radius 3 is 2.57 bits per heavy atom. The first-order valence-electron chi connectivity index (χ1n) is 6.89. The third-order valence-corrected chi connectivity index (χ3v) is 2.66. The summed E-state index contributed by atoms with van der Waals surface area (Å²) in [6.45, 7) is 9.81. The summed E-state index contributed by atoms with van der Waals surface area (Å²) in [5.41, 5.74) is 1.01. The van der Waals surface area contributed by atoms with Crippen LogP contribution in [0, 0.1) is 16.0 Å². The zero-order valence-electron chi connectivity index (χ0n) is 12.5. The lowest BCUT2D eigenvalue weighted by Crippen LogP contribution is -2.39. The molecule has 2 N–H and O–H groups in total. The van der Waals surface area contributed by atoms with Crippen molar-refractivity contribution in [2.45, 2.75) is 20.4 Å². The fourth-order valence-electron chi connectivity index (χ4n) is 1.54. The fraction of sp³-hybridized carbons (Fsp3) is 0.400. The van der Waals surface area contributed by atoms with Crippen molar-refractivity contribution in [2.75, 3.05) is 13.1 Å². The van der Waals surface area contributed by atoms with Gasteiger partial charge in [0.25, 0.3) is 5.69 Å². The van der Waals surface area contributed by atoms with Crippen LogP contribution >= 0.6 is 0 Å². The van der Waals surface area contributed by atoms with Gasteiger partial charge in [-0.1, -0.05) is 32.1 Å². The van der Waals surface area contributed by atoms with Crippen molar-refractivity contribution >= 4 is 11.6 Å². The maximum Gasteiger partial charge on any atom is 0.269 e. The van der Waals surface area contributed by atoms with Gasteiger partial charge in [0.1, 0.15) is 0 Å². The van der Waals surface area contributed by atoms with Crippen molar-refractivity contribution in [3.05, 3.63) is 52.6 Å². The highest BCUT2D eigenvalue weighted by Gasteiger charge is 2.04. The molecular weight excluding hydrogens is 268 g/mol. The van der Waals surface area contributed by atoms with Crippen molar-refractivity contribution in [1.82, 2.24) is 10.6 Å². The highest BCUT2D eigenvalue weighted by atomic mass is 16.6. The summed E-state index contributed by atoms with van der Waals surface area (Å²) in [5.74, 6) is 1.22. The largest absolute Gasteiger partial charge is 0.356 e. The smallest absolute Gasteiger partial charge is 0.269 e. The van der Waals surface area contributed by atoms with Gasteiger partial charge in [-0.05, 0) is 11.5 Å². The number of hydrogen-bond acceptors (Lipinski definition) is 3. The van der Waals surface area contributed by atoms with Crippen LogP contribution in [0.3, 0.4) is 0 Å². The molecule has 0 bridgehead atoms. The molecule has 0 fully saturated rings. The first kappa shape index (κ1) is 16.7. The zero-order valence-corrected chi connectivity index (χ0v) is 12.5. The first-order chi connectivity index (χ1) is 10.0. The number of benzene rings is 1. The van der Waals surface area contributed by atoms with Crippen LogP contribution in [0.4, 0.5) is 5.69 Å². The number of nitro benzene ring substituents is 1.